The van der Waals surface area contributed by atoms with Gasteiger partial charge < -0.3 is 10.6 Å². The van der Waals surface area contributed by atoms with Gasteiger partial charge in [-0.05, 0) is 42.5 Å². The number of hydrogen-bond donors (Lipinski definition) is 3. The van der Waals surface area contributed by atoms with Crippen LogP contribution in [-0.4, -0.2) is 19.3 Å². The predicted molar refractivity (Wildman–Crippen MR) is 106 cm³/mol. The highest BCUT2D eigenvalue weighted by atomic mass is 32.2. The maximum atomic E-state index is 12.3. The van der Waals surface area contributed by atoms with Gasteiger partial charge in [-0.25, -0.2) is 13.4 Å². The quantitative estimate of drug-likeness (QED) is 0.605. The van der Waals surface area contributed by atoms with Gasteiger partial charge in [-0.2, -0.15) is 0 Å². The third-order valence-electron chi connectivity index (χ3n) is 3.52. The first-order valence-corrected chi connectivity index (χ1v) is 9.59. The summed E-state index contributed by atoms with van der Waals surface area (Å²) in [7, 11) is -3.65. The number of pyridine rings is 1. The van der Waals surface area contributed by atoms with Gasteiger partial charge in [0.15, 0.2) is 0 Å². The van der Waals surface area contributed by atoms with E-state index in [1.807, 2.05) is 6.07 Å². The Morgan fingerprint density at radius 3 is 2.30 bits per heavy atom. The molecule has 3 rings (SSSR count). The minimum atomic E-state index is -3.65. The number of nitrogens with one attached hydrogen (secondary N) is 3. The molecule has 0 bridgehead atoms. The van der Waals surface area contributed by atoms with Crippen LogP contribution in [0.4, 0.5) is 22.9 Å². The Balaban J connectivity index is 1.70. The molecule has 0 saturated carbocycles. The van der Waals surface area contributed by atoms with Crippen LogP contribution in [0.5, 0.6) is 0 Å². The number of benzene rings is 2. The molecule has 1 aromatic heterocycles. The highest BCUT2D eigenvalue weighted by molar-refractivity contribution is 7.92. The normalized spacial score (nSPS) is 10.9. The molecule has 3 N–H and O–H groups in total. The Kier molecular flexibility index (Phi) is 5.37. The van der Waals surface area contributed by atoms with Crippen LogP contribution in [0, 0.1) is 0 Å². The van der Waals surface area contributed by atoms with Gasteiger partial charge >= 0.3 is 0 Å². The van der Waals surface area contributed by atoms with Gasteiger partial charge in [-0.3, -0.25) is 9.52 Å². The van der Waals surface area contributed by atoms with E-state index < -0.39 is 10.0 Å². The third kappa shape index (κ3) is 5.05. The van der Waals surface area contributed by atoms with Crippen molar-refractivity contribution < 1.29 is 13.2 Å². The topological polar surface area (TPSA) is 100 Å². The maximum Gasteiger partial charge on any atom is 0.261 e. The van der Waals surface area contributed by atoms with Gasteiger partial charge in [0.25, 0.3) is 10.0 Å². The Morgan fingerprint density at radius 2 is 1.63 bits per heavy atom. The molecule has 0 unspecified atom stereocenters. The Labute approximate surface area is 157 Å². The molecule has 0 fully saturated rings. The van der Waals surface area contributed by atoms with Gasteiger partial charge in [-0.15, -0.1) is 0 Å². The first-order valence-electron chi connectivity index (χ1n) is 8.11. The first kappa shape index (κ1) is 18.4. The van der Waals surface area contributed by atoms with Crippen LogP contribution >= 0.6 is 0 Å². The van der Waals surface area contributed by atoms with E-state index in [0.29, 0.717) is 17.2 Å². The van der Waals surface area contributed by atoms with Gasteiger partial charge in [0.1, 0.15) is 5.82 Å². The molecular weight excluding hydrogens is 364 g/mol. The Bertz CT molecular complexity index is 1040. The van der Waals surface area contributed by atoms with Crippen molar-refractivity contribution in [2.24, 2.45) is 0 Å². The number of carbonyl (C=O) groups is 1. The molecule has 1 heterocycles. The molecule has 0 aliphatic rings. The van der Waals surface area contributed by atoms with E-state index in [4.69, 9.17) is 0 Å². The number of carbonyl (C=O) groups excluding carboxylic acids is 1. The number of aromatic nitrogens is 1. The molecule has 0 radical (unpaired) electrons. The number of rotatable bonds is 6. The molecule has 27 heavy (non-hydrogen) atoms. The lowest BCUT2D eigenvalue weighted by molar-refractivity contribution is -0.114. The molecule has 0 saturated heterocycles. The minimum absolute atomic E-state index is 0.152. The van der Waals surface area contributed by atoms with Crippen molar-refractivity contribution in [2.45, 2.75) is 11.8 Å². The second-order valence-electron chi connectivity index (χ2n) is 5.74. The summed E-state index contributed by atoms with van der Waals surface area (Å²) in [5.74, 6) is 0.387. The van der Waals surface area contributed by atoms with Crippen molar-refractivity contribution in [1.82, 2.24) is 4.98 Å². The summed E-state index contributed by atoms with van der Waals surface area (Å²) in [6, 6.07) is 18.6. The summed E-state index contributed by atoms with van der Waals surface area (Å²) >= 11 is 0. The van der Waals surface area contributed by atoms with E-state index in [0.717, 1.165) is 5.69 Å². The lowest BCUT2D eigenvalue weighted by Gasteiger charge is -2.10. The average Bonchev–Trinajstić information content (AvgIpc) is 2.64. The first-order chi connectivity index (χ1) is 12.9. The number of hydrogen-bond acceptors (Lipinski definition) is 5. The molecule has 1 amide bonds. The van der Waals surface area contributed by atoms with Crippen molar-refractivity contribution in [3.8, 4) is 0 Å². The van der Waals surface area contributed by atoms with Crippen LogP contribution < -0.4 is 15.4 Å². The standard InChI is InChI=1S/C19H18N4O3S/c1-14(24)21-15-6-5-7-16(12-15)22-19-11-10-17(13-20-19)23-27(25,26)18-8-3-2-4-9-18/h2-13,23H,1H3,(H,20,22)(H,21,24). The second-order valence-corrected chi connectivity index (χ2v) is 7.42. The SMILES string of the molecule is CC(=O)Nc1cccc(Nc2ccc(NS(=O)(=O)c3ccccc3)cn2)c1. The predicted octanol–water partition coefficient (Wildman–Crippen LogP) is 3.58. The van der Waals surface area contributed by atoms with E-state index in [-0.39, 0.29) is 10.8 Å². The number of nitrogens with zero attached hydrogens (tertiary/aromatic N) is 1. The molecule has 7 nitrogen and oxygen atoms in total. The van der Waals surface area contributed by atoms with Crippen molar-refractivity contribution in [2.75, 3.05) is 15.4 Å². The zero-order valence-corrected chi connectivity index (χ0v) is 15.3. The fourth-order valence-corrected chi connectivity index (χ4v) is 3.43. The van der Waals surface area contributed by atoms with Crippen LogP contribution in [0.3, 0.4) is 0 Å². The summed E-state index contributed by atoms with van der Waals surface area (Å²) in [5, 5.41) is 5.80. The monoisotopic (exact) mass is 382 g/mol. The van der Waals surface area contributed by atoms with Crippen molar-refractivity contribution in [3.05, 3.63) is 72.9 Å². The zero-order chi connectivity index (χ0) is 19.3. The molecule has 0 spiro atoms. The third-order valence-corrected chi connectivity index (χ3v) is 4.92. The zero-order valence-electron chi connectivity index (χ0n) is 14.5. The van der Waals surface area contributed by atoms with Crippen molar-refractivity contribution in [1.29, 1.82) is 0 Å². The van der Waals surface area contributed by atoms with Gasteiger partial charge in [0, 0.05) is 18.3 Å². The van der Waals surface area contributed by atoms with Crippen LogP contribution in [0.1, 0.15) is 6.92 Å². The van der Waals surface area contributed by atoms with Crippen LogP contribution in [-0.2, 0) is 14.8 Å². The Morgan fingerprint density at radius 1 is 0.889 bits per heavy atom. The van der Waals surface area contributed by atoms with E-state index in [1.165, 1.54) is 25.3 Å². The average molecular weight is 382 g/mol. The highest BCUT2D eigenvalue weighted by Crippen LogP contribution is 2.21. The van der Waals surface area contributed by atoms with Gasteiger partial charge in [0.2, 0.25) is 5.91 Å². The van der Waals surface area contributed by atoms with Crippen molar-refractivity contribution >= 4 is 38.8 Å². The number of anilines is 4. The number of sulfonamides is 1. The van der Waals surface area contributed by atoms with E-state index in [2.05, 4.69) is 20.3 Å². The summed E-state index contributed by atoms with van der Waals surface area (Å²) in [5.41, 5.74) is 1.77. The molecule has 0 atom stereocenters. The molecule has 138 valence electrons. The molecular formula is C19H18N4O3S. The molecule has 3 aromatic rings. The highest BCUT2D eigenvalue weighted by Gasteiger charge is 2.13. The summed E-state index contributed by atoms with van der Waals surface area (Å²) in [6.45, 7) is 1.44. The smallest absolute Gasteiger partial charge is 0.261 e. The van der Waals surface area contributed by atoms with Crippen molar-refractivity contribution in [3.63, 3.8) is 0 Å². The van der Waals surface area contributed by atoms with Crippen LogP contribution in [0.15, 0.2) is 77.8 Å². The fourth-order valence-electron chi connectivity index (χ4n) is 2.37. The lowest BCUT2D eigenvalue weighted by Crippen LogP contribution is -2.13. The van der Waals surface area contributed by atoms with Gasteiger partial charge in [-0.1, -0.05) is 24.3 Å². The summed E-state index contributed by atoms with van der Waals surface area (Å²) in [6.07, 6.45) is 1.43. The number of amides is 1. The molecule has 0 aliphatic carbocycles. The minimum Gasteiger partial charge on any atom is -0.340 e. The van der Waals surface area contributed by atoms with E-state index in [1.54, 1.807) is 48.5 Å². The lowest BCUT2D eigenvalue weighted by atomic mass is 10.2. The fraction of sp³-hybridized carbons (Fsp3) is 0.0526. The second kappa shape index (κ2) is 7.88. The van der Waals surface area contributed by atoms with Crippen LogP contribution in [0.2, 0.25) is 0 Å². The largest absolute Gasteiger partial charge is 0.340 e. The molecule has 2 aromatic carbocycles. The molecule has 0 aliphatic heterocycles. The van der Waals surface area contributed by atoms with E-state index in [9.17, 15) is 13.2 Å². The molecule has 8 heteroatoms. The maximum absolute atomic E-state index is 12.3. The van der Waals surface area contributed by atoms with Crippen LogP contribution in [0.25, 0.3) is 0 Å². The Hall–Kier alpha value is -3.39. The summed E-state index contributed by atoms with van der Waals surface area (Å²) < 4.78 is 27.1. The van der Waals surface area contributed by atoms with Gasteiger partial charge in [0.05, 0.1) is 16.8 Å². The summed E-state index contributed by atoms with van der Waals surface area (Å²) in [4.78, 5) is 15.5. The van der Waals surface area contributed by atoms with E-state index >= 15 is 0 Å².